The third-order valence-corrected chi connectivity index (χ3v) is 1.06. The first-order chi connectivity index (χ1) is 3.77. The molecule has 0 saturated carbocycles. The molecule has 0 aliphatic carbocycles. The Morgan fingerprint density at radius 2 is 2.00 bits per heavy atom. The number of rotatable bonds is 4. The molecule has 0 heterocycles. The molecule has 0 unspecified atom stereocenters. The molecule has 0 radical (unpaired) electrons. The number of unbranched alkanes of at least 4 members (excludes halogenated alkanes) is 2. The Morgan fingerprint density at radius 3 is 2.33 bits per heavy atom. The molecular weight excluding hydrogens is 107 g/mol. The fourth-order valence-corrected chi connectivity index (χ4v) is 0.572. The summed E-state index contributed by atoms with van der Waals surface area (Å²) in [6, 6.07) is 0. The van der Waals surface area contributed by atoms with E-state index >= 15 is 0 Å². The monoisotopic (exact) mass is 120 g/mol. The molecule has 48 valence electrons. The number of hydrogen-bond acceptors (Lipinski definition) is 1. The predicted octanol–water partition coefficient (Wildman–Crippen LogP) is -1.56. The largest absolute Gasteiger partial charge is 1.00 e. The van der Waals surface area contributed by atoms with E-state index in [0.717, 1.165) is 12.8 Å². The summed E-state index contributed by atoms with van der Waals surface area (Å²) in [6.45, 7) is 5.39. The van der Waals surface area contributed by atoms with Gasteiger partial charge >= 0.3 is 18.9 Å². The Labute approximate surface area is 69.3 Å². The quantitative estimate of drug-likeness (QED) is 0.250. The van der Waals surface area contributed by atoms with E-state index in [2.05, 4.69) is 13.5 Å². The Bertz CT molecular complexity index is 71.3. The van der Waals surface area contributed by atoms with Crippen LogP contribution in [0.4, 0.5) is 0 Å². The normalized spacial score (nSPS) is 8.11. The molecule has 0 aliphatic heterocycles. The molecule has 0 fully saturated rings. The minimum absolute atomic E-state index is 0. The van der Waals surface area contributed by atoms with Crippen molar-refractivity contribution >= 4 is 0 Å². The average Bonchev–Trinajstić information content (AvgIpc) is 1.66. The van der Waals surface area contributed by atoms with E-state index in [4.69, 9.17) is 0 Å². The van der Waals surface area contributed by atoms with Gasteiger partial charge in [0.25, 0.3) is 0 Å². The summed E-state index contributed by atoms with van der Waals surface area (Å²) in [5.74, 6) is 0.0680. The zero-order chi connectivity index (χ0) is 6.41. The van der Waals surface area contributed by atoms with Crippen LogP contribution >= 0.6 is 0 Å². The van der Waals surface area contributed by atoms with Crippen molar-refractivity contribution in [1.82, 2.24) is 0 Å². The first-order valence-corrected chi connectivity index (χ1v) is 3.12. The van der Waals surface area contributed by atoms with Gasteiger partial charge in [0.15, 0.2) is 0 Å². The van der Waals surface area contributed by atoms with Gasteiger partial charge in [0.05, 0.1) is 0 Å². The van der Waals surface area contributed by atoms with Crippen molar-refractivity contribution in [3.8, 4) is 0 Å². The summed E-state index contributed by atoms with van der Waals surface area (Å²) in [5, 5.41) is 10.2. The zero-order valence-electron chi connectivity index (χ0n) is 6.44. The Kier molecular flexibility index (Phi) is 10.7. The molecule has 9 heavy (non-hydrogen) atoms. The Morgan fingerprint density at radius 1 is 1.44 bits per heavy atom. The first-order valence-electron chi connectivity index (χ1n) is 3.12. The van der Waals surface area contributed by atoms with E-state index in [0.29, 0.717) is 6.42 Å². The summed E-state index contributed by atoms with van der Waals surface area (Å²) in [6.07, 6.45) is 4.00. The van der Waals surface area contributed by atoms with Crippen LogP contribution in [0.2, 0.25) is 0 Å². The molecule has 0 aromatic carbocycles. The fourth-order valence-electron chi connectivity index (χ4n) is 0.572. The van der Waals surface area contributed by atoms with Crippen LogP contribution in [0.15, 0.2) is 12.3 Å². The maximum Gasteiger partial charge on any atom is 1.00 e. The second-order valence-electron chi connectivity index (χ2n) is 2.00. The van der Waals surface area contributed by atoms with E-state index in [1.165, 1.54) is 6.42 Å². The van der Waals surface area contributed by atoms with Gasteiger partial charge in [-0.25, -0.2) is 0 Å². The van der Waals surface area contributed by atoms with E-state index in [-0.39, 0.29) is 24.6 Å². The molecule has 0 aromatic heterocycles. The first kappa shape index (κ1) is 11.9. The summed E-state index contributed by atoms with van der Waals surface area (Å²) < 4.78 is 0. The molecule has 0 atom stereocenters. The van der Waals surface area contributed by atoms with Crippen molar-refractivity contribution in [2.75, 3.05) is 0 Å². The van der Waals surface area contributed by atoms with Crippen LogP contribution in [-0.4, -0.2) is 0 Å². The molecule has 2 heteroatoms. The van der Waals surface area contributed by atoms with Gasteiger partial charge in [-0.2, -0.15) is 0 Å². The fraction of sp³-hybridized carbons (Fsp3) is 0.714. The van der Waals surface area contributed by atoms with Crippen LogP contribution in [0.25, 0.3) is 0 Å². The number of allylic oxidation sites excluding steroid dienone is 1. The number of hydrogen-bond donors (Lipinski definition) is 0. The van der Waals surface area contributed by atoms with E-state index < -0.39 is 0 Å². The molecule has 0 spiro atoms. The van der Waals surface area contributed by atoms with Crippen LogP contribution in [-0.2, 0) is 0 Å². The molecule has 0 amide bonds. The van der Waals surface area contributed by atoms with Gasteiger partial charge < -0.3 is 5.11 Å². The minimum Gasteiger partial charge on any atom is -0.876 e. The smallest absolute Gasteiger partial charge is 0.876 e. The van der Waals surface area contributed by atoms with Crippen LogP contribution in [0.1, 0.15) is 32.6 Å². The summed E-state index contributed by atoms with van der Waals surface area (Å²) >= 11 is 0. The van der Waals surface area contributed by atoms with Crippen molar-refractivity contribution in [1.29, 1.82) is 0 Å². The van der Waals surface area contributed by atoms with Crippen molar-refractivity contribution in [3.63, 3.8) is 0 Å². The molecule has 0 aromatic rings. The van der Waals surface area contributed by atoms with E-state index in [1.54, 1.807) is 0 Å². The molecule has 0 aliphatic rings. The van der Waals surface area contributed by atoms with Gasteiger partial charge in [-0.3, -0.25) is 0 Å². The van der Waals surface area contributed by atoms with Gasteiger partial charge in [-0.15, -0.1) is 12.3 Å². The molecule has 0 bridgehead atoms. The van der Waals surface area contributed by atoms with Gasteiger partial charge in [0.2, 0.25) is 0 Å². The van der Waals surface area contributed by atoms with Crippen LogP contribution in [0.5, 0.6) is 0 Å². The van der Waals surface area contributed by atoms with Crippen LogP contribution < -0.4 is 24.0 Å². The maximum atomic E-state index is 10.2. The van der Waals surface area contributed by atoms with Crippen molar-refractivity contribution in [2.24, 2.45) is 0 Å². The molecule has 0 N–H and O–H groups in total. The minimum atomic E-state index is 0. The Balaban J connectivity index is 0. The third-order valence-electron chi connectivity index (χ3n) is 1.06. The van der Waals surface area contributed by atoms with E-state index in [9.17, 15) is 5.11 Å². The Hall–Kier alpha value is 0.137. The predicted molar refractivity (Wildman–Crippen MR) is 33.3 cm³/mol. The average molecular weight is 120 g/mol. The van der Waals surface area contributed by atoms with E-state index in [1.807, 2.05) is 0 Å². The summed E-state index contributed by atoms with van der Waals surface area (Å²) in [5.41, 5.74) is 0. The molecule has 0 rings (SSSR count). The standard InChI is InChI=1S/C7H14O.Li/c1-3-4-5-6-7(2)8;/h8H,2-6H2,1H3;/q;+1/p-1. The van der Waals surface area contributed by atoms with Gasteiger partial charge in [0, 0.05) is 0 Å². The molecular formula is C7H13LiO. The van der Waals surface area contributed by atoms with Gasteiger partial charge in [-0.05, 0) is 6.42 Å². The van der Waals surface area contributed by atoms with Crippen LogP contribution in [0, 0.1) is 0 Å². The third kappa shape index (κ3) is 11.6. The van der Waals surface area contributed by atoms with Crippen molar-refractivity contribution in [2.45, 2.75) is 32.6 Å². The van der Waals surface area contributed by atoms with Gasteiger partial charge in [0.1, 0.15) is 0 Å². The van der Waals surface area contributed by atoms with Crippen molar-refractivity contribution in [3.05, 3.63) is 12.3 Å². The zero-order valence-corrected chi connectivity index (χ0v) is 6.44. The second kappa shape index (κ2) is 8.14. The van der Waals surface area contributed by atoms with Crippen molar-refractivity contribution < 1.29 is 24.0 Å². The summed E-state index contributed by atoms with van der Waals surface area (Å²) in [4.78, 5) is 0. The second-order valence-corrected chi connectivity index (χ2v) is 2.00. The molecule has 1 nitrogen and oxygen atoms in total. The molecule has 0 saturated heterocycles. The maximum absolute atomic E-state index is 10.2. The van der Waals surface area contributed by atoms with Gasteiger partial charge in [-0.1, -0.05) is 26.2 Å². The topological polar surface area (TPSA) is 23.1 Å². The van der Waals surface area contributed by atoms with Crippen LogP contribution in [0.3, 0.4) is 0 Å². The SMILES string of the molecule is C=C([O-])CCCCC.[Li+]. The summed E-state index contributed by atoms with van der Waals surface area (Å²) in [7, 11) is 0.